The Balaban J connectivity index is 2.80. The SMILES string of the molecule is C=C(C=CC)C=Nc1cccc(C=CC(=C)OC)c1. The van der Waals surface area contributed by atoms with Gasteiger partial charge in [-0.2, -0.15) is 0 Å². The van der Waals surface area contributed by atoms with Gasteiger partial charge in [0.2, 0.25) is 0 Å². The standard InChI is InChI=1S/C17H19NO/c1-5-7-14(2)13-18-17-9-6-8-16(12-17)11-10-15(3)19-4/h5-13H,2-3H2,1,4H3. The van der Waals surface area contributed by atoms with Gasteiger partial charge in [0.15, 0.2) is 0 Å². The topological polar surface area (TPSA) is 21.6 Å². The zero-order valence-electron chi connectivity index (χ0n) is 11.5. The first-order valence-corrected chi connectivity index (χ1v) is 6.02. The summed E-state index contributed by atoms with van der Waals surface area (Å²) in [5, 5.41) is 0. The molecule has 98 valence electrons. The predicted octanol–water partition coefficient (Wildman–Crippen LogP) is 4.69. The molecule has 0 fully saturated rings. The first kappa shape index (κ1) is 14.7. The second-order valence-corrected chi connectivity index (χ2v) is 3.93. The van der Waals surface area contributed by atoms with Crippen molar-refractivity contribution in [2.24, 2.45) is 4.99 Å². The summed E-state index contributed by atoms with van der Waals surface area (Å²) in [5.74, 6) is 0.621. The predicted molar refractivity (Wildman–Crippen MR) is 83.7 cm³/mol. The van der Waals surface area contributed by atoms with Gasteiger partial charge in [-0.3, -0.25) is 4.99 Å². The van der Waals surface area contributed by atoms with E-state index in [-0.39, 0.29) is 0 Å². The molecule has 0 aliphatic carbocycles. The number of allylic oxidation sites excluding steroid dienone is 4. The van der Waals surface area contributed by atoms with Crippen LogP contribution in [0.3, 0.4) is 0 Å². The third-order valence-electron chi connectivity index (χ3n) is 2.35. The highest BCUT2D eigenvalue weighted by Crippen LogP contribution is 2.15. The summed E-state index contributed by atoms with van der Waals surface area (Å²) in [5.41, 5.74) is 2.80. The molecule has 0 saturated heterocycles. The molecule has 1 aromatic rings. The molecule has 0 bridgehead atoms. The second-order valence-electron chi connectivity index (χ2n) is 3.93. The third kappa shape index (κ3) is 5.68. The van der Waals surface area contributed by atoms with Crippen molar-refractivity contribution in [2.75, 3.05) is 7.11 Å². The summed E-state index contributed by atoms with van der Waals surface area (Å²) >= 11 is 0. The highest BCUT2D eigenvalue weighted by Gasteiger charge is 1.91. The zero-order valence-corrected chi connectivity index (χ0v) is 11.5. The Bertz CT molecular complexity index is 536. The number of rotatable bonds is 6. The van der Waals surface area contributed by atoms with Gasteiger partial charge in [-0.15, -0.1) is 0 Å². The number of aliphatic imine (C=N–C) groups is 1. The molecule has 0 unspecified atom stereocenters. The van der Waals surface area contributed by atoms with Crippen molar-refractivity contribution in [3.8, 4) is 0 Å². The fourth-order valence-corrected chi connectivity index (χ4v) is 1.38. The molecule has 0 aromatic heterocycles. The Morgan fingerprint density at radius 2 is 2.05 bits per heavy atom. The Kier molecular flexibility index (Phi) is 6.10. The molecule has 0 aliphatic rings. The van der Waals surface area contributed by atoms with Crippen LogP contribution in [0.25, 0.3) is 6.08 Å². The van der Waals surface area contributed by atoms with E-state index in [0.717, 1.165) is 16.8 Å². The van der Waals surface area contributed by atoms with E-state index in [1.165, 1.54) is 0 Å². The van der Waals surface area contributed by atoms with Crippen LogP contribution in [0.1, 0.15) is 12.5 Å². The van der Waals surface area contributed by atoms with Gasteiger partial charge < -0.3 is 4.74 Å². The highest BCUT2D eigenvalue weighted by molar-refractivity contribution is 5.83. The van der Waals surface area contributed by atoms with Crippen molar-refractivity contribution in [2.45, 2.75) is 6.92 Å². The average molecular weight is 253 g/mol. The first-order valence-electron chi connectivity index (χ1n) is 6.02. The number of nitrogens with zero attached hydrogens (tertiary/aromatic N) is 1. The molecule has 0 heterocycles. The van der Waals surface area contributed by atoms with Gasteiger partial charge in [-0.25, -0.2) is 0 Å². The van der Waals surface area contributed by atoms with Crippen LogP contribution in [0.15, 0.2) is 72.0 Å². The smallest absolute Gasteiger partial charge is 0.111 e. The van der Waals surface area contributed by atoms with E-state index in [2.05, 4.69) is 18.2 Å². The molecule has 19 heavy (non-hydrogen) atoms. The molecule has 0 aliphatic heterocycles. The Morgan fingerprint density at radius 1 is 1.26 bits per heavy atom. The minimum absolute atomic E-state index is 0.621. The maximum Gasteiger partial charge on any atom is 0.111 e. The van der Waals surface area contributed by atoms with E-state index in [1.54, 1.807) is 13.3 Å². The molecular formula is C17H19NO. The summed E-state index contributed by atoms with van der Waals surface area (Å²) in [7, 11) is 1.60. The largest absolute Gasteiger partial charge is 0.497 e. The van der Waals surface area contributed by atoms with Crippen LogP contribution in [0, 0.1) is 0 Å². The lowest BCUT2D eigenvalue weighted by atomic mass is 10.2. The fourth-order valence-electron chi connectivity index (χ4n) is 1.38. The van der Waals surface area contributed by atoms with Crippen molar-refractivity contribution < 1.29 is 4.74 Å². The van der Waals surface area contributed by atoms with Gasteiger partial charge in [0, 0.05) is 6.21 Å². The Hall–Kier alpha value is -2.35. The van der Waals surface area contributed by atoms with Gasteiger partial charge in [-0.05, 0) is 36.3 Å². The molecule has 0 saturated carbocycles. The second kappa shape index (κ2) is 7.88. The number of benzene rings is 1. The molecule has 2 nitrogen and oxygen atoms in total. The number of hydrogen-bond donors (Lipinski definition) is 0. The fraction of sp³-hybridized carbons (Fsp3) is 0.118. The van der Waals surface area contributed by atoms with Crippen LogP contribution in [-0.4, -0.2) is 13.3 Å². The Labute approximate surface area is 115 Å². The molecule has 1 rings (SSSR count). The lowest BCUT2D eigenvalue weighted by Gasteiger charge is -1.98. The quantitative estimate of drug-likeness (QED) is 0.409. The van der Waals surface area contributed by atoms with Crippen molar-refractivity contribution in [3.05, 3.63) is 72.5 Å². The summed E-state index contributed by atoms with van der Waals surface area (Å²) in [6.07, 6.45) is 9.35. The first-order chi connectivity index (χ1) is 9.15. The monoisotopic (exact) mass is 253 g/mol. The lowest BCUT2D eigenvalue weighted by molar-refractivity contribution is 0.309. The average Bonchev–Trinajstić information content (AvgIpc) is 2.43. The normalized spacial score (nSPS) is 11.5. The molecule has 0 spiro atoms. The summed E-state index contributed by atoms with van der Waals surface area (Å²) < 4.78 is 4.98. The van der Waals surface area contributed by atoms with E-state index in [1.807, 2.05) is 55.5 Å². The van der Waals surface area contributed by atoms with Crippen molar-refractivity contribution in [1.29, 1.82) is 0 Å². The molecule has 0 amide bonds. The van der Waals surface area contributed by atoms with Crippen LogP contribution in [0.5, 0.6) is 0 Å². The summed E-state index contributed by atoms with van der Waals surface area (Å²) in [6, 6.07) is 7.89. The van der Waals surface area contributed by atoms with Gasteiger partial charge in [-0.1, -0.05) is 43.5 Å². The van der Waals surface area contributed by atoms with Crippen molar-refractivity contribution in [1.82, 2.24) is 0 Å². The molecule has 0 radical (unpaired) electrons. The van der Waals surface area contributed by atoms with Crippen LogP contribution < -0.4 is 0 Å². The third-order valence-corrected chi connectivity index (χ3v) is 2.35. The minimum atomic E-state index is 0.621. The molecule has 0 N–H and O–H groups in total. The zero-order chi connectivity index (χ0) is 14.1. The van der Waals surface area contributed by atoms with Gasteiger partial charge in [0.1, 0.15) is 5.76 Å². The van der Waals surface area contributed by atoms with Crippen LogP contribution in [0.4, 0.5) is 5.69 Å². The maximum absolute atomic E-state index is 4.98. The van der Waals surface area contributed by atoms with E-state index in [0.29, 0.717) is 5.76 Å². The molecule has 2 heteroatoms. The van der Waals surface area contributed by atoms with Crippen LogP contribution in [0.2, 0.25) is 0 Å². The Morgan fingerprint density at radius 3 is 2.74 bits per heavy atom. The number of hydrogen-bond acceptors (Lipinski definition) is 2. The van der Waals surface area contributed by atoms with E-state index < -0.39 is 0 Å². The molecule has 0 atom stereocenters. The minimum Gasteiger partial charge on any atom is -0.497 e. The van der Waals surface area contributed by atoms with Gasteiger partial charge in [0.05, 0.1) is 12.8 Å². The van der Waals surface area contributed by atoms with Gasteiger partial charge in [0.25, 0.3) is 0 Å². The summed E-state index contributed by atoms with van der Waals surface area (Å²) in [6.45, 7) is 9.56. The van der Waals surface area contributed by atoms with E-state index in [9.17, 15) is 0 Å². The molecule has 1 aromatic carbocycles. The van der Waals surface area contributed by atoms with Crippen molar-refractivity contribution in [3.63, 3.8) is 0 Å². The number of ether oxygens (including phenoxy) is 1. The van der Waals surface area contributed by atoms with E-state index >= 15 is 0 Å². The maximum atomic E-state index is 4.98. The summed E-state index contributed by atoms with van der Waals surface area (Å²) in [4.78, 5) is 4.37. The molecular weight excluding hydrogens is 234 g/mol. The van der Waals surface area contributed by atoms with Gasteiger partial charge >= 0.3 is 0 Å². The highest BCUT2D eigenvalue weighted by atomic mass is 16.5. The van der Waals surface area contributed by atoms with Crippen LogP contribution >= 0.6 is 0 Å². The van der Waals surface area contributed by atoms with Crippen LogP contribution in [-0.2, 0) is 4.74 Å². The van der Waals surface area contributed by atoms with Crippen molar-refractivity contribution >= 4 is 18.0 Å². The van der Waals surface area contributed by atoms with E-state index in [4.69, 9.17) is 4.74 Å². The lowest BCUT2D eigenvalue weighted by Crippen LogP contribution is -1.79. The number of methoxy groups -OCH3 is 1.